The van der Waals surface area contributed by atoms with Gasteiger partial charge in [0.25, 0.3) is 0 Å². The number of allylic oxidation sites excluding steroid dienone is 2. The summed E-state index contributed by atoms with van der Waals surface area (Å²) in [5.41, 5.74) is -0.189. The molecule has 7 nitrogen and oxygen atoms in total. The van der Waals surface area contributed by atoms with Crippen molar-refractivity contribution in [1.29, 1.82) is 0 Å². The number of aliphatic hydroxyl groups is 1. The van der Waals surface area contributed by atoms with Gasteiger partial charge in [-0.1, -0.05) is 31.9 Å². The van der Waals surface area contributed by atoms with Gasteiger partial charge >= 0.3 is 0 Å². The fraction of sp³-hybridized carbons (Fsp3) is 0.773. The van der Waals surface area contributed by atoms with Gasteiger partial charge < -0.3 is 15.7 Å². The summed E-state index contributed by atoms with van der Waals surface area (Å²) in [5, 5.41) is 16.9. The van der Waals surface area contributed by atoms with Gasteiger partial charge in [-0.3, -0.25) is 19.5 Å². The molecule has 0 aromatic rings. The van der Waals surface area contributed by atoms with E-state index in [9.17, 15) is 14.7 Å². The van der Waals surface area contributed by atoms with E-state index in [-0.39, 0.29) is 47.0 Å². The zero-order valence-corrected chi connectivity index (χ0v) is 17.6. The number of rotatable bonds is 6. The van der Waals surface area contributed by atoms with Crippen molar-refractivity contribution in [3.05, 3.63) is 12.2 Å². The van der Waals surface area contributed by atoms with Gasteiger partial charge in [0.1, 0.15) is 0 Å². The zero-order chi connectivity index (χ0) is 20.6. The first-order valence-electron chi connectivity index (χ1n) is 11.2. The van der Waals surface area contributed by atoms with Gasteiger partial charge in [0, 0.05) is 25.0 Å². The standard InChI is InChI=1S/C22H34N4O3/c1-3-23-21(25-13-22(2)9-5-4-6-16(22)27)24-10-11-26-19(28)17-14-7-8-15(12-14)18(17)20(26)29/h7-8,14-18,27H,3-6,9-13H2,1-2H3,(H2,23,24,25). The highest BCUT2D eigenvalue weighted by molar-refractivity contribution is 6.06. The lowest BCUT2D eigenvalue weighted by Crippen LogP contribution is -2.45. The molecule has 3 fully saturated rings. The molecule has 0 aromatic heterocycles. The van der Waals surface area contributed by atoms with Gasteiger partial charge in [0.05, 0.1) is 24.5 Å². The predicted octanol–water partition coefficient (Wildman–Crippen LogP) is 1.29. The van der Waals surface area contributed by atoms with E-state index in [1.165, 1.54) is 4.90 Å². The largest absolute Gasteiger partial charge is 0.392 e. The van der Waals surface area contributed by atoms with Crippen LogP contribution in [0.25, 0.3) is 0 Å². The Morgan fingerprint density at radius 1 is 1.21 bits per heavy atom. The molecule has 4 rings (SSSR count). The Kier molecular flexibility index (Phi) is 5.69. The molecule has 7 heteroatoms. The number of carbonyl (C=O) groups is 2. The molecule has 0 radical (unpaired) electrons. The molecule has 6 unspecified atom stereocenters. The molecule has 2 bridgehead atoms. The molecule has 3 N–H and O–H groups in total. The number of carbonyl (C=O) groups excluding carboxylic acids is 2. The Morgan fingerprint density at radius 3 is 2.52 bits per heavy atom. The Balaban J connectivity index is 1.32. The summed E-state index contributed by atoms with van der Waals surface area (Å²) >= 11 is 0. The van der Waals surface area contributed by atoms with Gasteiger partial charge in [0.2, 0.25) is 11.8 Å². The number of imide groups is 1. The van der Waals surface area contributed by atoms with Gasteiger partial charge in [-0.15, -0.1) is 0 Å². The Hall–Kier alpha value is -1.89. The van der Waals surface area contributed by atoms with Crippen LogP contribution in [-0.2, 0) is 9.59 Å². The molecule has 1 aliphatic heterocycles. The molecule has 4 aliphatic rings. The van der Waals surface area contributed by atoms with Gasteiger partial charge in [-0.2, -0.15) is 0 Å². The number of nitrogens with one attached hydrogen (secondary N) is 2. The maximum absolute atomic E-state index is 12.8. The van der Waals surface area contributed by atoms with Crippen molar-refractivity contribution in [2.45, 2.75) is 52.1 Å². The third-order valence-corrected chi connectivity index (χ3v) is 7.41. The highest BCUT2D eigenvalue weighted by Gasteiger charge is 2.58. The maximum atomic E-state index is 12.8. The summed E-state index contributed by atoms with van der Waals surface area (Å²) in [6.45, 7) is 6.24. The average molecular weight is 403 g/mol. The average Bonchev–Trinajstić information content (AvgIpc) is 3.38. The summed E-state index contributed by atoms with van der Waals surface area (Å²) in [6.07, 6.45) is 8.92. The van der Waals surface area contributed by atoms with Crippen molar-refractivity contribution in [2.24, 2.45) is 34.1 Å². The molecule has 2 saturated carbocycles. The van der Waals surface area contributed by atoms with Crippen LogP contribution >= 0.6 is 0 Å². The van der Waals surface area contributed by atoms with Crippen LogP contribution in [-0.4, -0.2) is 60.1 Å². The number of guanidine groups is 1. The number of likely N-dealkylation sites (tertiary alicyclic amines) is 1. The van der Waals surface area contributed by atoms with E-state index in [0.717, 1.165) is 38.6 Å². The van der Waals surface area contributed by atoms with E-state index < -0.39 is 0 Å². The second-order valence-corrected chi connectivity index (χ2v) is 9.37. The molecule has 2 amide bonds. The van der Waals surface area contributed by atoms with Crippen LogP contribution in [0.4, 0.5) is 0 Å². The molecule has 6 atom stereocenters. The van der Waals surface area contributed by atoms with Crippen LogP contribution in [0.5, 0.6) is 0 Å². The number of hydrogen-bond donors (Lipinski definition) is 3. The van der Waals surface area contributed by atoms with Gasteiger partial charge in [-0.05, 0) is 38.0 Å². The molecule has 1 saturated heterocycles. The van der Waals surface area contributed by atoms with Crippen LogP contribution in [0.1, 0.15) is 46.0 Å². The fourth-order valence-electron chi connectivity index (χ4n) is 5.64. The number of amides is 2. The van der Waals surface area contributed by atoms with Gasteiger partial charge in [0.15, 0.2) is 5.96 Å². The summed E-state index contributed by atoms with van der Waals surface area (Å²) < 4.78 is 0. The van der Waals surface area contributed by atoms with Crippen molar-refractivity contribution in [1.82, 2.24) is 15.5 Å². The van der Waals surface area contributed by atoms with Crippen molar-refractivity contribution in [3.8, 4) is 0 Å². The van der Waals surface area contributed by atoms with Crippen LogP contribution in [0.15, 0.2) is 17.1 Å². The first-order chi connectivity index (χ1) is 13.9. The number of nitrogens with zero attached hydrogens (tertiary/aromatic N) is 2. The first kappa shape index (κ1) is 20.4. The maximum Gasteiger partial charge on any atom is 0.233 e. The molecule has 3 aliphatic carbocycles. The number of aliphatic imine (C=N–C) groups is 1. The lowest BCUT2D eigenvalue weighted by Gasteiger charge is -2.37. The van der Waals surface area contributed by atoms with E-state index in [4.69, 9.17) is 0 Å². The van der Waals surface area contributed by atoms with Crippen LogP contribution in [0.3, 0.4) is 0 Å². The lowest BCUT2D eigenvalue weighted by molar-refractivity contribution is -0.140. The summed E-state index contributed by atoms with van der Waals surface area (Å²) in [5.74, 6) is 0.908. The number of fused-ring (bicyclic) bond motifs is 5. The molecule has 160 valence electrons. The van der Waals surface area contributed by atoms with Crippen molar-refractivity contribution in [2.75, 3.05) is 26.2 Å². The second kappa shape index (κ2) is 8.09. The van der Waals surface area contributed by atoms with E-state index in [1.54, 1.807) is 0 Å². The Labute approximate surface area is 173 Å². The third-order valence-electron chi connectivity index (χ3n) is 7.41. The first-order valence-corrected chi connectivity index (χ1v) is 11.2. The summed E-state index contributed by atoms with van der Waals surface area (Å²) in [4.78, 5) is 31.7. The minimum absolute atomic E-state index is 0.00146. The van der Waals surface area contributed by atoms with E-state index in [1.807, 2.05) is 6.92 Å². The van der Waals surface area contributed by atoms with E-state index in [2.05, 4.69) is 34.7 Å². The van der Waals surface area contributed by atoms with Crippen molar-refractivity contribution < 1.29 is 14.7 Å². The molecule has 1 heterocycles. The second-order valence-electron chi connectivity index (χ2n) is 9.37. The Morgan fingerprint density at radius 2 is 1.90 bits per heavy atom. The SMILES string of the molecule is CCNC(=NCC1(C)CCCCC1O)NCCN1C(=O)C2C3C=CC(C3)C2C1=O. The summed E-state index contributed by atoms with van der Waals surface area (Å²) in [7, 11) is 0. The molecule has 0 aromatic carbocycles. The van der Waals surface area contributed by atoms with Crippen molar-refractivity contribution >= 4 is 17.8 Å². The van der Waals surface area contributed by atoms with Crippen LogP contribution < -0.4 is 10.6 Å². The van der Waals surface area contributed by atoms with E-state index >= 15 is 0 Å². The molecular formula is C22H34N4O3. The lowest BCUT2D eigenvalue weighted by atomic mass is 9.73. The molecule has 0 spiro atoms. The zero-order valence-electron chi connectivity index (χ0n) is 17.6. The third kappa shape index (κ3) is 3.69. The van der Waals surface area contributed by atoms with E-state index in [0.29, 0.717) is 25.6 Å². The van der Waals surface area contributed by atoms with Crippen LogP contribution in [0, 0.1) is 29.1 Å². The topological polar surface area (TPSA) is 94.0 Å². The predicted molar refractivity (Wildman–Crippen MR) is 111 cm³/mol. The normalized spacial score (nSPS) is 38.7. The highest BCUT2D eigenvalue weighted by Crippen LogP contribution is 2.52. The monoisotopic (exact) mass is 402 g/mol. The minimum atomic E-state index is -0.314. The fourth-order valence-corrected chi connectivity index (χ4v) is 5.64. The van der Waals surface area contributed by atoms with Crippen LogP contribution in [0.2, 0.25) is 0 Å². The summed E-state index contributed by atoms with van der Waals surface area (Å²) in [6, 6.07) is 0. The molecular weight excluding hydrogens is 368 g/mol. The smallest absolute Gasteiger partial charge is 0.233 e. The minimum Gasteiger partial charge on any atom is -0.392 e. The number of aliphatic hydroxyl groups excluding tert-OH is 1. The number of hydrogen-bond acceptors (Lipinski definition) is 4. The quantitative estimate of drug-likeness (QED) is 0.269. The highest BCUT2D eigenvalue weighted by atomic mass is 16.3. The van der Waals surface area contributed by atoms with Crippen molar-refractivity contribution in [3.63, 3.8) is 0 Å². The molecule has 29 heavy (non-hydrogen) atoms. The Bertz CT molecular complexity index is 691. The van der Waals surface area contributed by atoms with Gasteiger partial charge in [-0.25, -0.2) is 0 Å².